The van der Waals surface area contributed by atoms with Crippen LogP contribution in [-0.4, -0.2) is 5.78 Å². The highest BCUT2D eigenvalue weighted by Crippen LogP contribution is 2.24. The Balaban J connectivity index is 2.21. The van der Waals surface area contributed by atoms with Crippen molar-refractivity contribution in [2.24, 2.45) is 0 Å². The standard InChI is InChI=1S/C19H12N2O3/c20-10-12(11-21)5-16-7-15-6-14-8-17(22)4-2-1-3-13(14)9-18(15)24-19(16)23/h1,3,5-7,9H,2,4,8H2/b3-1-. The van der Waals surface area contributed by atoms with Gasteiger partial charge in [-0.1, -0.05) is 12.2 Å². The number of hydrogen-bond donors (Lipinski definition) is 0. The van der Waals surface area contributed by atoms with Crippen LogP contribution in [0.25, 0.3) is 23.1 Å². The second-order valence-electron chi connectivity index (χ2n) is 5.52. The molecule has 0 atom stereocenters. The molecule has 0 saturated heterocycles. The number of nitriles is 2. The summed E-state index contributed by atoms with van der Waals surface area (Å²) < 4.78 is 5.31. The van der Waals surface area contributed by atoms with Gasteiger partial charge in [0.05, 0.1) is 5.56 Å². The Bertz CT molecular complexity index is 1030. The fourth-order valence-electron chi connectivity index (χ4n) is 2.66. The summed E-state index contributed by atoms with van der Waals surface area (Å²) in [5, 5.41) is 18.3. The Morgan fingerprint density at radius 1 is 1.17 bits per heavy atom. The molecule has 5 nitrogen and oxygen atoms in total. The van der Waals surface area contributed by atoms with E-state index in [9.17, 15) is 9.59 Å². The Kier molecular flexibility index (Phi) is 4.09. The molecule has 0 fully saturated rings. The fraction of sp³-hybridized carbons (Fsp3) is 0.158. The number of benzene rings is 1. The average molecular weight is 316 g/mol. The maximum atomic E-state index is 12.0. The van der Waals surface area contributed by atoms with Gasteiger partial charge in [-0.3, -0.25) is 4.79 Å². The van der Waals surface area contributed by atoms with Crippen molar-refractivity contribution in [1.82, 2.24) is 0 Å². The minimum atomic E-state index is -0.614. The smallest absolute Gasteiger partial charge is 0.343 e. The molecule has 3 rings (SSSR count). The molecule has 1 aromatic heterocycles. The van der Waals surface area contributed by atoms with Gasteiger partial charge in [-0.15, -0.1) is 0 Å². The highest BCUT2D eigenvalue weighted by atomic mass is 16.4. The summed E-state index contributed by atoms with van der Waals surface area (Å²) in [6, 6.07) is 8.55. The second-order valence-corrected chi connectivity index (χ2v) is 5.52. The first-order chi connectivity index (χ1) is 11.6. The number of allylic oxidation sites excluding steroid dienone is 2. The van der Waals surface area contributed by atoms with Crippen LogP contribution in [0.5, 0.6) is 0 Å². The van der Waals surface area contributed by atoms with Crippen molar-refractivity contribution in [2.45, 2.75) is 19.3 Å². The lowest BCUT2D eigenvalue weighted by molar-refractivity contribution is -0.118. The van der Waals surface area contributed by atoms with Crippen LogP contribution in [-0.2, 0) is 11.2 Å². The summed E-state index contributed by atoms with van der Waals surface area (Å²) in [5.41, 5.74) is 1.48. The molecule has 1 aliphatic carbocycles. The van der Waals surface area contributed by atoms with Crippen molar-refractivity contribution in [3.05, 3.63) is 57.0 Å². The highest BCUT2D eigenvalue weighted by Gasteiger charge is 2.13. The molecule has 5 heteroatoms. The van der Waals surface area contributed by atoms with Gasteiger partial charge in [0, 0.05) is 18.2 Å². The normalized spacial score (nSPS) is 14.7. The molecule has 0 spiro atoms. The number of hydrogen-bond acceptors (Lipinski definition) is 5. The van der Waals surface area contributed by atoms with Crippen molar-refractivity contribution >= 4 is 28.9 Å². The summed E-state index contributed by atoms with van der Waals surface area (Å²) in [5.74, 6) is 0.161. The zero-order chi connectivity index (χ0) is 17.1. The number of carbonyl (C=O) groups excluding carboxylic acids is 1. The Labute approximate surface area is 137 Å². The van der Waals surface area contributed by atoms with Gasteiger partial charge in [0.25, 0.3) is 0 Å². The molecule has 0 aliphatic heterocycles. The van der Waals surface area contributed by atoms with E-state index in [0.717, 1.165) is 11.1 Å². The lowest BCUT2D eigenvalue weighted by Crippen LogP contribution is -2.07. The van der Waals surface area contributed by atoms with E-state index in [1.807, 2.05) is 18.2 Å². The molecule has 1 heterocycles. The molecule has 1 aliphatic rings. The predicted molar refractivity (Wildman–Crippen MR) is 88.7 cm³/mol. The third-order valence-electron chi connectivity index (χ3n) is 3.84. The molecule has 0 saturated carbocycles. The van der Waals surface area contributed by atoms with E-state index < -0.39 is 5.63 Å². The van der Waals surface area contributed by atoms with Crippen LogP contribution in [0.1, 0.15) is 29.5 Å². The molecule has 0 amide bonds. The average Bonchev–Trinajstić information content (AvgIpc) is 2.55. The zero-order valence-electron chi connectivity index (χ0n) is 12.7. The first-order valence-corrected chi connectivity index (χ1v) is 7.41. The summed E-state index contributed by atoms with van der Waals surface area (Å²) >= 11 is 0. The number of carbonyl (C=O) groups is 1. The summed E-state index contributed by atoms with van der Waals surface area (Å²) in [4.78, 5) is 23.9. The van der Waals surface area contributed by atoms with Crippen LogP contribution in [0.4, 0.5) is 0 Å². The second kappa shape index (κ2) is 6.36. The molecule has 24 heavy (non-hydrogen) atoms. The molecule has 0 unspecified atom stereocenters. The van der Waals surface area contributed by atoms with Gasteiger partial charge in [-0.2, -0.15) is 10.5 Å². The maximum Gasteiger partial charge on any atom is 0.343 e. The van der Waals surface area contributed by atoms with Crippen molar-refractivity contribution in [1.29, 1.82) is 10.5 Å². The fourth-order valence-corrected chi connectivity index (χ4v) is 2.66. The topological polar surface area (TPSA) is 94.9 Å². The number of fused-ring (bicyclic) bond motifs is 2. The molecule has 0 radical (unpaired) electrons. The van der Waals surface area contributed by atoms with E-state index in [4.69, 9.17) is 14.9 Å². The number of rotatable bonds is 1. The largest absolute Gasteiger partial charge is 0.422 e. The van der Waals surface area contributed by atoms with E-state index in [2.05, 4.69) is 0 Å². The lowest BCUT2D eigenvalue weighted by atomic mass is 9.95. The first-order valence-electron chi connectivity index (χ1n) is 7.41. The number of nitrogens with zero attached hydrogens (tertiary/aromatic N) is 2. The third kappa shape index (κ3) is 3.02. The van der Waals surface area contributed by atoms with Crippen LogP contribution in [0, 0.1) is 22.7 Å². The molecular weight excluding hydrogens is 304 g/mol. The van der Waals surface area contributed by atoms with Gasteiger partial charge in [-0.25, -0.2) is 4.79 Å². The van der Waals surface area contributed by atoms with Crippen molar-refractivity contribution in [3.8, 4) is 12.1 Å². The van der Waals surface area contributed by atoms with Gasteiger partial charge in [0.15, 0.2) is 0 Å². The van der Waals surface area contributed by atoms with E-state index >= 15 is 0 Å². The molecule has 1 aromatic carbocycles. The van der Waals surface area contributed by atoms with Crippen LogP contribution in [0.15, 0.2) is 39.1 Å². The molecule has 0 bridgehead atoms. The Morgan fingerprint density at radius 3 is 2.71 bits per heavy atom. The molecule has 116 valence electrons. The quantitative estimate of drug-likeness (QED) is 0.595. The van der Waals surface area contributed by atoms with E-state index in [1.165, 1.54) is 6.08 Å². The highest BCUT2D eigenvalue weighted by molar-refractivity contribution is 5.88. The van der Waals surface area contributed by atoms with Crippen LogP contribution < -0.4 is 5.63 Å². The first kappa shape index (κ1) is 15.5. The van der Waals surface area contributed by atoms with E-state index in [-0.39, 0.29) is 16.9 Å². The molecule has 2 aromatic rings. The van der Waals surface area contributed by atoms with E-state index in [1.54, 1.807) is 24.3 Å². The Morgan fingerprint density at radius 2 is 1.96 bits per heavy atom. The molecular formula is C19H12N2O3. The Hall–Kier alpha value is -3.44. The monoisotopic (exact) mass is 316 g/mol. The van der Waals surface area contributed by atoms with Crippen LogP contribution in [0.3, 0.4) is 0 Å². The third-order valence-corrected chi connectivity index (χ3v) is 3.84. The minimum Gasteiger partial charge on any atom is -0.422 e. The van der Waals surface area contributed by atoms with Crippen LogP contribution in [0.2, 0.25) is 0 Å². The van der Waals surface area contributed by atoms with Crippen molar-refractivity contribution in [3.63, 3.8) is 0 Å². The molecule has 0 N–H and O–H groups in total. The van der Waals surface area contributed by atoms with Gasteiger partial charge in [-0.05, 0) is 41.8 Å². The summed E-state index contributed by atoms with van der Waals surface area (Å²) in [6.07, 6.45) is 6.62. The summed E-state index contributed by atoms with van der Waals surface area (Å²) in [7, 11) is 0. The van der Waals surface area contributed by atoms with Gasteiger partial charge < -0.3 is 4.42 Å². The summed E-state index contributed by atoms with van der Waals surface area (Å²) in [6.45, 7) is 0. The number of ketones is 1. The SMILES string of the molecule is N#CC(C#N)=Cc1cc2cc3c(cc2oc1=O)/C=C\CCC(=O)C3. The van der Waals surface area contributed by atoms with Gasteiger partial charge >= 0.3 is 5.63 Å². The minimum absolute atomic E-state index is 0.133. The van der Waals surface area contributed by atoms with Gasteiger partial charge in [0.1, 0.15) is 29.1 Å². The zero-order valence-corrected chi connectivity index (χ0v) is 12.7. The van der Waals surface area contributed by atoms with Crippen LogP contribution >= 0.6 is 0 Å². The maximum absolute atomic E-state index is 12.0. The van der Waals surface area contributed by atoms with Gasteiger partial charge in [0.2, 0.25) is 0 Å². The number of Topliss-reactive ketones (excluding diaryl/α,β-unsaturated/α-hetero) is 1. The lowest BCUT2D eigenvalue weighted by Gasteiger charge is -2.10. The van der Waals surface area contributed by atoms with Crippen molar-refractivity contribution < 1.29 is 9.21 Å². The predicted octanol–water partition coefficient (Wildman–Crippen LogP) is 3.14. The van der Waals surface area contributed by atoms with E-state index in [0.29, 0.717) is 30.2 Å². The van der Waals surface area contributed by atoms with Crippen molar-refractivity contribution in [2.75, 3.05) is 0 Å².